The fourth-order valence-electron chi connectivity index (χ4n) is 2.79. The second-order valence-electron chi connectivity index (χ2n) is 5.93. The molecule has 2 rings (SSSR count). The molecular weight excluding hydrogens is 226 g/mol. The maximum absolute atomic E-state index is 11.2. The van der Waals surface area contributed by atoms with Gasteiger partial charge in [0.05, 0.1) is 5.92 Å². The van der Waals surface area contributed by atoms with Gasteiger partial charge in [-0.3, -0.25) is 4.79 Å². The highest BCUT2D eigenvalue weighted by atomic mass is 16.4. The van der Waals surface area contributed by atoms with Gasteiger partial charge in [-0.1, -0.05) is 31.5 Å². The third kappa shape index (κ3) is 2.50. The first-order chi connectivity index (χ1) is 8.40. The van der Waals surface area contributed by atoms with Crippen LogP contribution in [0.25, 0.3) is 0 Å². The number of carboxylic acids is 1. The standard InChI is InChI=1S/C15H21NO2/c1-11-4-6-12(7-5-11)16-9-8-13(14(17)18)15(2,3)10-16/h4-7,13H,8-10H2,1-3H3,(H,17,18). The molecule has 0 amide bonds. The van der Waals surface area contributed by atoms with Crippen LogP contribution in [0.1, 0.15) is 25.8 Å². The predicted molar refractivity (Wildman–Crippen MR) is 72.9 cm³/mol. The van der Waals surface area contributed by atoms with Crippen molar-refractivity contribution in [3.8, 4) is 0 Å². The molecule has 1 N–H and O–H groups in total. The molecule has 1 aromatic rings. The van der Waals surface area contributed by atoms with Crippen molar-refractivity contribution in [3.05, 3.63) is 29.8 Å². The molecular formula is C15H21NO2. The zero-order chi connectivity index (χ0) is 13.3. The largest absolute Gasteiger partial charge is 0.481 e. The van der Waals surface area contributed by atoms with Crippen LogP contribution < -0.4 is 4.90 Å². The van der Waals surface area contributed by atoms with Crippen LogP contribution in [0.2, 0.25) is 0 Å². The highest BCUT2D eigenvalue weighted by Gasteiger charge is 2.40. The topological polar surface area (TPSA) is 40.5 Å². The van der Waals surface area contributed by atoms with Crippen LogP contribution in [0.15, 0.2) is 24.3 Å². The number of carboxylic acid groups (broad SMARTS) is 1. The molecule has 0 spiro atoms. The van der Waals surface area contributed by atoms with Crippen LogP contribution in [0.3, 0.4) is 0 Å². The number of piperidine rings is 1. The molecule has 98 valence electrons. The molecule has 3 nitrogen and oxygen atoms in total. The van der Waals surface area contributed by atoms with Crippen LogP contribution in [-0.2, 0) is 4.79 Å². The van der Waals surface area contributed by atoms with E-state index in [9.17, 15) is 9.90 Å². The van der Waals surface area contributed by atoms with Crippen LogP contribution in [0.5, 0.6) is 0 Å². The summed E-state index contributed by atoms with van der Waals surface area (Å²) >= 11 is 0. The summed E-state index contributed by atoms with van der Waals surface area (Å²) in [4.78, 5) is 13.5. The molecule has 1 aliphatic rings. The van der Waals surface area contributed by atoms with E-state index in [0.29, 0.717) is 0 Å². The number of nitrogens with zero attached hydrogens (tertiary/aromatic N) is 1. The van der Waals surface area contributed by atoms with Crippen molar-refractivity contribution >= 4 is 11.7 Å². The Kier molecular flexibility index (Phi) is 3.33. The van der Waals surface area contributed by atoms with E-state index in [1.165, 1.54) is 11.3 Å². The number of hydrogen-bond acceptors (Lipinski definition) is 2. The summed E-state index contributed by atoms with van der Waals surface area (Å²) in [6, 6.07) is 8.44. The summed E-state index contributed by atoms with van der Waals surface area (Å²) in [5.74, 6) is -0.900. The summed E-state index contributed by atoms with van der Waals surface area (Å²) in [7, 11) is 0. The highest BCUT2D eigenvalue weighted by Crippen LogP contribution is 2.36. The van der Waals surface area contributed by atoms with Crippen molar-refractivity contribution in [2.24, 2.45) is 11.3 Å². The van der Waals surface area contributed by atoms with Gasteiger partial charge in [-0.05, 0) is 30.9 Å². The highest BCUT2D eigenvalue weighted by molar-refractivity contribution is 5.71. The molecule has 1 aliphatic heterocycles. The number of aryl methyl sites for hydroxylation is 1. The Morgan fingerprint density at radius 2 is 1.94 bits per heavy atom. The molecule has 1 saturated heterocycles. The molecule has 1 fully saturated rings. The second kappa shape index (κ2) is 4.63. The molecule has 0 bridgehead atoms. The fraction of sp³-hybridized carbons (Fsp3) is 0.533. The maximum Gasteiger partial charge on any atom is 0.307 e. The number of rotatable bonds is 2. The molecule has 0 aromatic heterocycles. The van der Waals surface area contributed by atoms with E-state index in [1.807, 2.05) is 13.8 Å². The van der Waals surface area contributed by atoms with E-state index >= 15 is 0 Å². The average molecular weight is 247 g/mol. The van der Waals surface area contributed by atoms with Crippen molar-refractivity contribution < 1.29 is 9.90 Å². The van der Waals surface area contributed by atoms with Crippen LogP contribution >= 0.6 is 0 Å². The minimum absolute atomic E-state index is 0.186. The van der Waals surface area contributed by atoms with E-state index in [0.717, 1.165) is 19.5 Å². The number of aliphatic carboxylic acids is 1. The van der Waals surface area contributed by atoms with Crippen molar-refractivity contribution in [3.63, 3.8) is 0 Å². The zero-order valence-electron chi connectivity index (χ0n) is 11.3. The summed E-state index contributed by atoms with van der Waals surface area (Å²) in [6.45, 7) is 7.79. The van der Waals surface area contributed by atoms with Gasteiger partial charge in [0.25, 0.3) is 0 Å². The SMILES string of the molecule is Cc1ccc(N2CCC(C(=O)O)C(C)(C)C2)cc1. The first-order valence-electron chi connectivity index (χ1n) is 6.44. The number of anilines is 1. The molecule has 0 radical (unpaired) electrons. The van der Waals surface area contributed by atoms with E-state index < -0.39 is 5.97 Å². The lowest BCUT2D eigenvalue weighted by Gasteiger charge is -2.43. The third-order valence-corrected chi connectivity index (χ3v) is 3.93. The number of hydrogen-bond donors (Lipinski definition) is 1. The molecule has 3 heteroatoms. The molecule has 1 heterocycles. The molecule has 0 saturated carbocycles. The summed E-state index contributed by atoms with van der Waals surface area (Å²) < 4.78 is 0. The minimum Gasteiger partial charge on any atom is -0.481 e. The molecule has 1 atom stereocenters. The van der Waals surface area contributed by atoms with Gasteiger partial charge in [0.1, 0.15) is 0 Å². The van der Waals surface area contributed by atoms with Gasteiger partial charge in [0, 0.05) is 18.8 Å². The van der Waals surface area contributed by atoms with E-state index in [4.69, 9.17) is 0 Å². The lowest BCUT2D eigenvalue weighted by Crippen LogP contribution is -2.48. The Labute approximate surface area is 108 Å². The minimum atomic E-state index is -0.663. The van der Waals surface area contributed by atoms with Crippen LogP contribution in [-0.4, -0.2) is 24.2 Å². The van der Waals surface area contributed by atoms with Gasteiger partial charge in [-0.25, -0.2) is 0 Å². The lowest BCUT2D eigenvalue weighted by molar-refractivity contribution is -0.146. The Morgan fingerprint density at radius 3 is 2.44 bits per heavy atom. The number of carbonyl (C=O) groups is 1. The summed E-state index contributed by atoms with van der Waals surface area (Å²) in [5.41, 5.74) is 2.26. The van der Waals surface area contributed by atoms with E-state index in [-0.39, 0.29) is 11.3 Å². The van der Waals surface area contributed by atoms with Gasteiger partial charge in [-0.2, -0.15) is 0 Å². The van der Waals surface area contributed by atoms with Crippen molar-refractivity contribution in [2.45, 2.75) is 27.2 Å². The smallest absolute Gasteiger partial charge is 0.307 e. The van der Waals surface area contributed by atoms with Crippen molar-refractivity contribution in [2.75, 3.05) is 18.0 Å². The Bertz CT molecular complexity index is 436. The fourth-order valence-corrected chi connectivity index (χ4v) is 2.79. The Morgan fingerprint density at radius 1 is 1.33 bits per heavy atom. The number of benzene rings is 1. The molecule has 1 aromatic carbocycles. The van der Waals surface area contributed by atoms with E-state index in [1.54, 1.807) is 0 Å². The van der Waals surface area contributed by atoms with Crippen LogP contribution in [0, 0.1) is 18.3 Å². The summed E-state index contributed by atoms with van der Waals surface area (Å²) in [5, 5.41) is 9.25. The average Bonchev–Trinajstić information content (AvgIpc) is 2.28. The first kappa shape index (κ1) is 12.9. The monoisotopic (exact) mass is 247 g/mol. The normalized spacial score (nSPS) is 22.8. The third-order valence-electron chi connectivity index (χ3n) is 3.93. The van der Waals surface area contributed by atoms with Gasteiger partial charge in [-0.15, -0.1) is 0 Å². The molecule has 1 unspecified atom stereocenters. The lowest BCUT2D eigenvalue weighted by atomic mass is 9.74. The molecule has 0 aliphatic carbocycles. The van der Waals surface area contributed by atoms with Crippen molar-refractivity contribution in [1.29, 1.82) is 0 Å². The van der Waals surface area contributed by atoms with Gasteiger partial charge in [0.2, 0.25) is 0 Å². The summed E-state index contributed by atoms with van der Waals surface area (Å²) in [6.07, 6.45) is 0.718. The first-order valence-corrected chi connectivity index (χ1v) is 6.44. The zero-order valence-corrected chi connectivity index (χ0v) is 11.3. The Balaban J connectivity index is 2.15. The molecule has 18 heavy (non-hydrogen) atoms. The second-order valence-corrected chi connectivity index (χ2v) is 5.93. The van der Waals surface area contributed by atoms with Gasteiger partial charge < -0.3 is 10.0 Å². The maximum atomic E-state index is 11.2. The van der Waals surface area contributed by atoms with Gasteiger partial charge >= 0.3 is 5.97 Å². The van der Waals surface area contributed by atoms with Crippen molar-refractivity contribution in [1.82, 2.24) is 0 Å². The predicted octanol–water partition coefficient (Wildman–Crippen LogP) is 2.93. The van der Waals surface area contributed by atoms with Gasteiger partial charge in [0.15, 0.2) is 0 Å². The van der Waals surface area contributed by atoms with Crippen LogP contribution in [0.4, 0.5) is 5.69 Å². The Hall–Kier alpha value is -1.51. The quantitative estimate of drug-likeness (QED) is 0.873. The van der Waals surface area contributed by atoms with E-state index in [2.05, 4.69) is 36.1 Å².